The molecule has 6 heteroatoms. The third-order valence-electron chi connectivity index (χ3n) is 3.60. The van der Waals surface area contributed by atoms with Gasteiger partial charge in [-0.3, -0.25) is 0 Å². The molecule has 0 saturated heterocycles. The molecule has 0 heterocycles. The molecule has 0 aliphatic carbocycles. The Morgan fingerprint density at radius 1 is 0.960 bits per heavy atom. The first kappa shape index (κ1) is 19.7. The van der Waals surface area contributed by atoms with Crippen molar-refractivity contribution in [2.75, 3.05) is 34.4 Å². The number of hydrogen-bond acceptors (Lipinski definition) is 5. The van der Waals surface area contributed by atoms with E-state index in [0.717, 1.165) is 21.2 Å². The second-order valence-electron chi connectivity index (χ2n) is 5.34. The smallest absolute Gasteiger partial charge is 0.188 e. The first-order valence-electron chi connectivity index (χ1n) is 7.98. The van der Waals surface area contributed by atoms with Gasteiger partial charge in [0.05, 0.1) is 4.47 Å². The van der Waals surface area contributed by atoms with Crippen molar-refractivity contribution >= 4 is 15.9 Å². The predicted molar refractivity (Wildman–Crippen MR) is 100.0 cm³/mol. The second-order valence-corrected chi connectivity index (χ2v) is 6.13. The summed E-state index contributed by atoms with van der Waals surface area (Å²) in [7, 11) is 3.15. The zero-order valence-corrected chi connectivity index (χ0v) is 16.0. The summed E-state index contributed by atoms with van der Waals surface area (Å²) in [4.78, 5) is 0. The van der Waals surface area contributed by atoms with Crippen molar-refractivity contribution in [2.24, 2.45) is 0 Å². The van der Waals surface area contributed by atoms with Gasteiger partial charge in [0.15, 0.2) is 13.6 Å². The highest BCUT2D eigenvalue weighted by atomic mass is 79.9. The van der Waals surface area contributed by atoms with Crippen molar-refractivity contribution in [1.82, 2.24) is 0 Å². The lowest BCUT2D eigenvalue weighted by Crippen LogP contribution is -2.06. The maximum atomic E-state index is 9.28. The fourth-order valence-corrected chi connectivity index (χ4v) is 3.16. The Labute approximate surface area is 156 Å². The Hall–Kier alpha value is -1.60. The molecular weight excluding hydrogens is 388 g/mol. The Morgan fingerprint density at radius 3 is 2.20 bits per heavy atom. The van der Waals surface area contributed by atoms with Gasteiger partial charge in [-0.05, 0) is 39.9 Å². The number of methoxy groups -OCH3 is 2. The second kappa shape index (κ2) is 10.4. The topological polar surface area (TPSA) is 57.2 Å². The highest BCUT2D eigenvalue weighted by molar-refractivity contribution is 9.10. The molecule has 2 aromatic rings. The van der Waals surface area contributed by atoms with Crippen LogP contribution >= 0.6 is 15.9 Å². The van der Waals surface area contributed by atoms with Crippen LogP contribution in [0, 0.1) is 0 Å². The van der Waals surface area contributed by atoms with Gasteiger partial charge >= 0.3 is 0 Å². The van der Waals surface area contributed by atoms with Gasteiger partial charge in [-0.1, -0.05) is 30.3 Å². The van der Waals surface area contributed by atoms with E-state index in [0.29, 0.717) is 24.3 Å². The van der Waals surface area contributed by atoms with Crippen molar-refractivity contribution in [2.45, 2.75) is 12.8 Å². The van der Waals surface area contributed by atoms with Crippen LogP contribution in [0.1, 0.15) is 12.0 Å². The van der Waals surface area contributed by atoms with Crippen LogP contribution < -0.4 is 9.47 Å². The van der Waals surface area contributed by atoms with Gasteiger partial charge < -0.3 is 24.1 Å². The van der Waals surface area contributed by atoms with Gasteiger partial charge in [0.1, 0.15) is 11.5 Å². The SMILES string of the molecule is COCOc1cc(OCOC)c(-c2ccccc2)c(CCCO)c1Br. The molecule has 0 aliphatic heterocycles. The number of aliphatic hydroxyl groups is 1. The number of rotatable bonds is 10. The summed E-state index contributed by atoms with van der Waals surface area (Å²) in [5, 5.41) is 9.28. The summed E-state index contributed by atoms with van der Waals surface area (Å²) in [5.41, 5.74) is 3.00. The van der Waals surface area contributed by atoms with Crippen LogP contribution in [-0.4, -0.2) is 39.5 Å². The van der Waals surface area contributed by atoms with Crippen LogP contribution in [0.15, 0.2) is 40.9 Å². The minimum Gasteiger partial charge on any atom is -0.467 e. The van der Waals surface area contributed by atoms with Crippen molar-refractivity contribution in [3.8, 4) is 22.6 Å². The molecule has 0 saturated carbocycles. The lowest BCUT2D eigenvalue weighted by atomic mass is 9.95. The highest BCUT2D eigenvalue weighted by Gasteiger charge is 2.20. The number of hydrogen-bond donors (Lipinski definition) is 1. The maximum absolute atomic E-state index is 9.28. The van der Waals surface area contributed by atoms with Crippen molar-refractivity contribution in [3.05, 3.63) is 46.4 Å². The molecule has 0 aromatic heterocycles. The fraction of sp³-hybridized carbons (Fsp3) is 0.368. The average molecular weight is 411 g/mol. The van der Waals surface area contributed by atoms with E-state index in [9.17, 15) is 5.11 Å². The van der Waals surface area contributed by atoms with Gasteiger partial charge in [-0.15, -0.1) is 0 Å². The van der Waals surface area contributed by atoms with Crippen molar-refractivity contribution < 1.29 is 24.1 Å². The zero-order chi connectivity index (χ0) is 18.1. The van der Waals surface area contributed by atoms with E-state index in [4.69, 9.17) is 18.9 Å². The van der Waals surface area contributed by atoms with Gasteiger partial charge in [-0.25, -0.2) is 0 Å². The minimum absolute atomic E-state index is 0.109. The first-order valence-corrected chi connectivity index (χ1v) is 8.77. The summed E-state index contributed by atoms with van der Waals surface area (Å²) in [5.74, 6) is 1.29. The van der Waals surface area contributed by atoms with Crippen LogP contribution in [0.4, 0.5) is 0 Å². The van der Waals surface area contributed by atoms with E-state index in [1.54, 1.807) is 14.2 Å². The number of ether oxygens (including phenoxy) is 4. The molecule has 2 aromatic carbocycles. The molecule has 0 radical (unpaired) electrons. The number of halogens is 1. The van der Waals surface area contributed by atoms with E-state index >= 15 is 0 Å². The number of benzene rings is 2. The lowest BCUT2D eigenvalue weighted by Gasteiger charge is -2.20. The van der Waals surface area contributed by atoms with E-state index in [1.807, 2.05) is 36.4 Å². The monoisotopic (exact) mass is 410 g/mol. The Bertz CT molecular complexity index is 661. The normalized spacial score (nSPS) is 10.7. The molecule has 0 spiro atoms. The van der Waals surface area contributed by atoms with Gasteiger partial charge in [-0.2, -0.15) is 0 Å². The van der Waals surface area contributed by atoms with Crippen LogP contribution in [-0.2, 0) is 15.9 Å². The summed E-state index contributed by atoms with van der Waals surface area (Å²) in [6.07, 6.45) is 1.31. The molecule has 0 unspecified atom stereocenters. The summed E-state index contributed by atoms with van der Waals surface area (Å²) in [6.45, 7) is 0.370. The molecule has 0 fully saturated rings. The van der Waals surface area contributed by atoms with Crippen LogP contribution in [0.2, 0.25) is 0 Å². The molecule has 25 heavy (non-hydrogen) atoms. The van der Waals surface area contributed by atoms with Crippen LogP contribution in [0.25, 0.3) is 11.1 Å². The summed E-state index contributed by atoms with van der Waals surface area (Å²) < 4.78 is 22.4. The zero-order valence-electron chi connectivity index (χ0n) is 14.5. The molecule has 0 bridgehead atoms. The fourth-order valence-electron chi connectivity index (χ4n) is 2.54. The minimum atomic E-state index is 0.109. The standard InChI is InChI=1S/C19H23BrO5/c1-22-12-24-16-11-17(25-13-23-2)19(20)15(9-6-10-21)18(16)14-7-4-3-5-8-14/h3-5,7-8,11,21H,6,9-10,12-13H2,1-2H3. The highest BCUT2D eigenvalue weighted by Crippen LogP contribution is 2.43. The Morgan fingerprint density at radius 2 is 1.60 bits per heavy atom. The molecule has 1 N–H and O–H groups in total. The first-order chi connectivity index (χ1) is 12.2. The third-order valence-corrected chi connectivity index (χ3v) is 4.47. The number of aliphatic hydroxyl groups excluding tert-OH is 1. The van der Waals surface area contributed by atoms with E-state index in [-0.39, 0.29) is 20.2 Å². The third kappa shape index (κ3) is 5.19. The van der Waals surface area contributed by atoms with Gasteiger partial charge in [0.2, 0.25) is 0 Å². The summed E-state index contributed by atoms with van der Waals surface area (Å²) >= 11 is 3.64. The maximum Gasteiger partial charge on any atom is 0.188 e. The van der Waals surface area contributed by atoms with Crippen molar-refractivity contribution in [3.63, 3.8) is 0 Å². The quantitative estimate of drug-likeness (QED) is 0.599. The van der Waals surface area contributed by atoms with Gasteiger partial charge in [0.25, 0.3) is 0 Å². The van der Waals surface area contributed by atoms with Crippen LogP contribution in [0.5, 0.6) is 11.5 Å². The van der Waals surface area contributed by atoms with Crippen molar-refractivity contribution in [1.29, 1.82) is 0 Å². The van der Waals surface area contributed by atoms with Gasteiger partial charge in [0, 0.05) is 32.5 Å². The average Bonchev–Trinajstić information content (AvgIpc) is 2.65. The molecule has 136 valence electrons. The molecule has 0 amide bonds. The van der Waals surface area contributed by atoms with E-state index in [1.165, 1.54) is 0 Å². The molecule has 0 aliphatic rings. The van der Waals surface area contributed by atoms with E-state index in [2.05, 4.69) is 15.9 Å². The molecule has 5 nitrogen and oxygen atoms in total. The lowest BCUT2D eigenvalue weighted by molar-refractivity contribution is 0.0458. The molecule has 0 atom stereocenters. The van der Waals surface area contributed by atoms with Crippen LogP contribution in [0.3, 0.4) is 0 Å². The summed E-state index contributed by atoms with van der Waals surface area (Å²) in [6, 6.07) is 11.8. The molecule has 2 rings (SSSR count). The predicted octanol–water partition coefficient (Wildman–Crippen LogP) is 4.01. The van der Waals surface area contributed by atoms with E-state index < -0.39 is 0 Å². The molecular formula is C19H23BrO5. The Balaban J connectivity index is 2.59. The largest absolute Gasteiger partial charge is 0.467 e. The Kier molecular flexibility index (Phi) is 8.21.